The van der Waals surface area contributed by atoms with Crippen LogP contribution in [0.4, 0.5) is 0 Å². The summed E-state index contributed by atoms with van der Waals surface area (Å²) in [7, 11) is 6.50. The first-order chi connectivity index (χ1) is 14.6. The fraction of sp³-hybridized carbons (Fsp3) is 0.292. The molecule has 0 saturated heterocycles. The predicted molar refractivity (Wildman–Crippen MR) is 114 cm³/mol. The van der Waals surface area contributed by atoms with Gasteiger partial charge in [0.05, 0.1) is 34.5 Å². The summed E-state index contributed by atoms with van der Waals surface area (Å²) in [4.78, 5) is 14.6. The van der Waals surface area contributed by atoms with Gasteiger partial charge in [0.1, 0.15) is 5.75 Å². The van der Waals surface area contributed by atoms with E-state index in [0.717, 1.165) is 39.3 Å². The molecule has 6 nitrogen and oxygen atoms in total. The summed E-state index contributed by atoms with van der Waals surface area (Å²) in [5.41, 5.74) is 2.38. The van der Waals surface area contributed by atoms with Crippen LogP contribution in [0.5, 0.6) is 17.2 Å². The maximum absolute atomic E-state index is 12.7. The number of hydrogen-bond acceptors (Lipinski definition) is 5. The first-order valence-corrected chi connectivity index (χ1v) is 9.83. The summed E-state index contributed by atoms with van der Waals surface area (Å²) in [6.45, 7) is 0.537. The minimum Gasteiger partial charge on any atom is -0.497 e. The number of rotatable bonds is 4. The summed E-state index contributed by atoms with van der Waals surface area (Å²) in [5.74, 6) is 2.52. The second kappa shape index (κ2) is 6.83. The zero-order valence-corrected chi connectivity index (χ0v) is 17.4. The predicted octanol–water partition coefficient (Wildman–Crippen LogP) is 3.82. The Labute approximate surface area is 174 Å². The standard InChI is InChI=1S/C24H23NO5/c1-27-14-5-6-15-17(9-14)19-11-22(29-3)21(28-2)10-18(19)16-7-13-8-23(30-4)24(26)25(13)12-20(15)16/h5-6,8-11,13H,7,12H2,1-4H3/t13-/m0/s1. The van der Waals surface area contributed by atoms with Crippen LogP contribution in [0.25, 0.3) is 21.5 Å². The maximum atomic E-state index is 12.7. The molecule has 0 fully saturated rings. The highest BCUT2D eigenvalue weighted by atomic mass is 16.5. The van der Waals surface area contributed by atoms with Crippen molar-refractivity contribution in [2.24, 2.45) is 0 Å². The second-order valence-corrected chi connectivity index (χ2v) is 7.56. The van der Waals surface area contributed by atoms with Crippen LogP contribution in [0.15, 0.2) is 42.2 Å². The van der Waals surface area contributed by atoms with Crippen molar-refractivity contribution in [3.05, 3.63) is 53.3 Å². The van der Waals surface area contributed by atoms with Gasteiger partial charge < -0.3 is 23.8 Å². The van der Waals surface area contributed by atoms with Crippen molar-refractivity contribution in [1.82, 2.24) is 4.90 Å². The number of fused-ring (bicyclic) bond motifs is 7. The van der Waals surface area contributed by atoms with Gasteiger partial charge in [-0.3, -0.25) is 4.79 Å². The van der Waals surface area contributed by atoms with Crippen LogP contribution in [-0.2, 0) is 22.5 Å². The van der Waals surface area contributed by atoms with Gasteiger partial charge in [-0.25, -0.2) is 0 Å². The van der Waals surface area contributed by atoms with Crippen LogP contribution in [0, 0.1) is 0 Å². The molecule has 154 valence electrons. The summed E-state index contributed by atoms with van der Waals surface area (Å²) < 4.78 is 21.9. The number of benzene rings is 3. The first kappa shape index (κ1) is 18.6. The van der Waals surface area contributed by atoms with Gasteiger partial charge in [0, 0.05) is 6.54 Å². The molecule has 1 atom stereocenters. The van der Waals surface area contributed by atoms with E-state index in [-0.39, 0.29) is 11.9 Å². The number of amides is 1. The third-order valence-corrected chi connectivity index (χ3v) is 6.23. The molecule has 6 heteroatoms. The summed E-state index contributed by atoms with van der Waals surface area (Å²) in [6, 6.07) is 10.1. The number of nitrogens with zero attached hydrogens (tertiary/aromatic N) is 1. The van der Waals surface area contributed by atoms with E-state index in [1.165, 1.54) is 5.56 Å². The maximum Gasteiger partial charge on any atom is 0.289 e. The smallest absolute Gasteiger partial charge is 0.289 e. The fourth-order valence-electron chi connectivity index (χ4n) is 4.75. The monoisotopic (exact) mass is 405 g/mol. The summed E-state index contributed by atoms with van der Waals surface area (Å²) >= 11 is 0. The summed E-state index contributed by atoms with van der Waals surface area (Å²) in [5, 5.41) is 4.36. The Balaban J connectivity index is 1.83. The van der Waals surface area contributed by atoms with Gasteiger partial charge in [0.25, 0.3) is 5.91 Å². The van der Waals surface area contributed by atoms with Gasteiger partial charge >= 0.3 is 0 Å². The third-order valence-electron chi connectivity index (χ3n) is 6.23. The Morgan fingerprint density at radius 2 is 1.50 bits per heavy atom. The molecule has 3 aromatic rings. The molecule has 0 saturated carbocycles. The molecule has 30 heavy (non-hydrogen) atoms. The minimum absolute atomic E-state index is 0.00746. The highest BCUT2D eigenvalue weighted by Gasteiger charge is 2.38. The summed E-state index contributed by atoms with van der Waals surface area (Å²) in [6.07, 6.45) is 2.65. The number of ether oxygens (including phenoxy) is 4. The van der Waals surface area contributed by atoms with Crippen LogP contribution >= 0.6 is 0 Å². The normalized spacial score (nSPS) is 17.6. The van der Waals surface area contributed by atoms with Gasteiger partial charge in [0.2, 0.25) is 0 Å². The Bertz CT molecular complexity index is 1230. The van der Waals surface area contributed by atoms with Crippen LogP contribution < -0.4 is 14.2 Å². The Kier molecular flexibility index (Phi) is 4.24. The van der Waals surface area contributed by atoms with E-state index in [0.29, 0.717) is 23.8 Å². The van der Waals surface area contributed by atoms with E-state index >= 15 is 0 Å². The van der Waals surface area contributed by atoms with Crippen molar-refractivity contribution in [1.29, 1.82) is 0 Å². The van der Waals surface area contributed by atoms with Crippen molar-refractivity contribution in [3.63, 3.8) is 0 Å². The van der Waals surface area contributed by atoms with Crippen LogP contribution in [0.2, 0.25) is 0 Å². The van der Waals surface area contributed by atoms with E-state index in [1.807, 2.05) is 35.2 Å². The molecule has 2 aliphatic heterocycles. The quantitative estimate of drug-likeness (QED) is 0.618. The second-order valence-electron chi connectivity index (χ2n) is 7.56. The molecular weight excluding hydrogens is 382 g/mol. The topological polar surface area (TPSA) is 57.2 Å². The van der Waals surface area contributed by atoms with E-state index < -0.39 is 0 Å². The van der Waals surface area contributed by atoms with Crippen molar-refractivity contribution in [2.75, 3.05) is 28.4 Å². The average molecular weight is 405 g/mol. The lowest BCUT2D eigenvalue weighted by atomic mass is 9.85. The molecule has 0 aromatic heterocycles. The van der Waals surface area contributed by atoms with E-state index in [1.54, 1.807) is 28.4 Å². The Morgan fingerprint density at radius 3 is 2.17 bits per heavy atom. The van der Waals surface area contributed by atoms with Crippen LogP contribution in [0.1, 0.15) is 11.1 Å². The lowest BCUT2D eigenvalue weighted by Gasteiger charge is -2.33. The highest BCUT2D eigenvalue weighted by Crippen LogP contribution is 2.44. The van der Waals surface area contributed by atoms with E-state index in [2.05, 4.69) is 6.07 Å². The molecule has 0 aliphatic carbocycles. The minimum atomic E-state index is -0.0535. The molecule has 1 amide bonds. The molecule has 0 unspecified atom stereocenters. The van der Waals surface area contributed by atoms with Gasteiger partial charge in [-0.2, -0.15) is 0 Å². The zero-order valence-electron chi connectivity index (χ0n) is 17.4. The largest absolute Gasteiger partial charge is 0.497 e. The van der Waals surface area contributed by atoms with Crippen molar-refractivity contribution in [3.8, 4) is 17.2 Å². The van der Waals surface area contributed by atoms with Gasteiger partial charge in [0.15, 0.2) is 17.3 Å². The molecule has 2 aliphatic rings. The van der Waals surface area contributed by atoms with Crippen molar-refractivity contribution >= 4 is 27.5 Å². The first-order valence-electron chi connectivity index (χ1n) is 9.83. The lowest BCUT2D eigenvalue weighted by molar-refractivity contribution is -0.130. The number of methoxy groups -OCH3 is 4. The Morgan fingerprint density at radius 1 is 0.800 bits per heavy atom. The van der Waals surface area contributed by atoms with Crippen LogP contribution in [0.3, 0.4) is 0 Å². The fourth-order valence-corrected chi connectivity index (χ4v) is 4.75. The lowest BCUT2D eigenvalue weighted by Crippen LogP contribution is -2.39. The number of carbonyl (C=O) groups excluding carboxylic acids is 1. The highest BCUT2D eigenvalue weighted by molar-refractivity contribution is 6.12. The van der Waals surface area contributed by atoms with Gasteiger partial charge in [-0.15, -0.1) is 0 Å². The van der Waals surface area contributed by atoms with E-state index in [4.69, 9.17) is 18.9 Å². The number of hydrogen-bond donors (Lipinski definition) is 0. The van der Waals surface area contributed by atoms with Gasteiger partial charge in [-0.1, -0.05) is 6.07 Å². The number of carbonyl (C=O) groups is 1. The average Bonchev–Trinajstić information content (AvgIpc) is 3.11. The zero-order chi connectivity index (χ0) is 21.0. The Hall–Kier alpha value is -3.41. The SMILES string of the molecule is COC1=C[C@@H]2Cc3c(c4ccc(OC)cc4c4cc(OC)c(OC)cc34)CN2C1=O. The molecule has 2 heterocycles. The third kappa shape index (κ3) is 2.53. The molecule has 3 aromatic carbocycles. The molecule has 0 bridgehead atoms. The van der Waals surface area contributed by atoms with Crippen molar-refractivity contribution in [2.45, 2.75) is 19.0 Å². The van der Waals surface area contributed by atoms with E-state index in [9.17, 15) is 4.79 Å². The molecule has 0 radical (unpaired) electrons. The molecule has 5 rings (SSSR count). The van der Waals surface area contributed by atoms with Crippen molar-refractivity contribution < 1.29 is 23.7 Å². The molecule has 0 spiro atoms. The molecular formula is C24H23NO5. The molecule has 0 N–H and O–H groups in total. The van der Waals surface area contributed by atoms with Gasteiger partial charge in [-0.05, 0) is 69.4 Å². The van der Waals surface area contributed by atoms with Crippen LogP contribution in [-0.4, -0.2) is 45.3 Å².